The molecule has 3 aliphatic rings. The molecule has 1 aliphatic carbocycles. The second kappa shape index (κ2) is 16.9. The molecule has 19 heteroatoms. The van der Waals surface area contributed by atoms with Gasteiger partial charge in [0.2, 0.25) is 0 Å². The molecule has 4 rings (SSSR count). The first-order chi connectivity index (χ1) is 20.6. The zero-order valence-corrected chi connectivity index (χ0v) is 24.0. The van der Waals surface area contributed by atoms with Crippen molar-refractivity contribution in [3.8, 4) is 0 Å². The van der Waals surface area contributed by atoms with Gasteiger partial charge in [0, 0.05) is 49.9 Å². The van der Waals surface area contributed by atoms with Crippen molar-refractivity contribution in [2.45, 2.75) is 51.3 Å². The van der Waals surface area contributed by atoms with Gasteiger partial charge in [-0.15, -0.1) is 0 Å². The third kappa shape index (κ3) is 15.1. The van der Waals surface area contributed by atoms with Gasteiger partial charge in [-0.3, -0.25) is 4.98 Å². The Hall–Kier alpha value is -3.19. The maximum Gasteiger partial charge on any atom is 0.490 e. The van der Waals surface area contributed by atoms with Crippen LogP contribution in [0, 0.1) is 17.3 Å². The number of likely N-dealkylation sites (tertiary alicyclic amines) is 2. The van der Waals surface area contributed by atoms with E-state index < -0.39 is 36.4 Å². The highest BCUT2D eigenvalue weighted by Gasteiger charge is 2.50. The van der Waals surface area contributed by atoms with Crippen LogP contribution in [0.2, 0.25) is 0 Å². The molecule has 0 bridgehead atoms. The van der Waals surface area contributed by atoms with E-state index in [0.717, 1.165) is 12.5 Å². The van der Waals surface area contributed by atoms with Crippen molar-refractivity contribution >= 4 is 17.9 Å². The zero-order chi connectivity index (χ0) is 34.6. The molecule has 2 aliphatic heterocycles. The fraction of sp³-hybridized carbons (Fsp3) is 0.692. The highest BCUT2D eigenvalue weighted by atomic mass is 19.4. The van der Waals surface area contributed by atoms with Gasteiger partial charge >= 0.3 is 36.4 Å². The molecule has 2 atom stereocenters. The van der Waals surface area contributed by atoms with Gasteiger partial charge in [-0.2, -0.15) is 39.5 Å². The number of aliphatic carboxylic acids is 3. The molecule has 258 valence electrons. The van der Waals surface area contributed by atoms with Crippen molar-refractivity contribution in [1.29, 1.82) is 0 Å². The quantitative estimate of drug-likeness (QED) is 0.354. The third-order valence-corrected chi connectivity index (χ3v) is 7.05. The summed E-state index contributed by atoms with van der Waals surface area (Å²) >= 11 is 0. The van der Waals surface area contributed by atoms with Crippen LogP contribution in [0.3, 0.4) is 0 Å². The topological polar surface area (TPSA) is 140 Å². The minimum atomic E-state index is -5.08. The number of nitrogens with zero attached hydrogens (tertiary/aromatic N) is 3. The highest BCUT2D eigenvalue weighted by molar-refractivity contribution is 5.73. The molecular formula is C26H34F9N3O7. The molecule has 1 aromatic rings. The average molecular weight is 672 g/mol. The summed E-state index contributed by atoms with van der Waals surface area (Å²) in [6, 6.07) is 4.09. The number of pyridine rings is 1. The molecule has 1 saturated carbocycles. The number of carboxylic acids is 3. The number of alkyl halides is 9. The lowest BCUT2D eigenvalue weighted by molar-refractivity contribution is -0.193. The first kappa shape index (κ1) is 39.8. The zero-order valence-electron chi connectivity index (χ0n) is 24.0. The van der Waals surface area contributed by atoms with Crippen LogP contribution in [0.15, 0.2) is 24.5 Å². The van der Waals surface area contributed by atoms with Crippen LogP contribution in [0.5, 0.6) is 0 Å². The Morgan fingerprint density at radius 3 is 1.80 bits per heavy atom. The van der Waals surface area contributed by atoms with Crippen molar-refractivity contribution in [3.05, 3.63) is 30.1 Å². The number of aromatic nitrogens is 1. The molecule has 0 amide bonds. The minimum Gasteiger partial charge on any atom is -0.475 e. The number of carbonyl (C=O) groups is 3. The normalized spacial score (nSPS) is 22.0. The lowest BCUT2D eigenvalue weighted by Gasteiger charge is -2.30. The monoisotopic (exact) mass is 671 g/mol. The number of ether oxygens (including phenoxy) is 1. The summed E-state index contributed by atoms with van der Waals surface area (Å²) in [6.07, 6.45) is -7.24. The summed E-state index contributed by atoms with van der Waals surface area (Å²) in [4.78, 5) is 36.2. The van der Waals surface area contributed by atoms with E-state index in [2.05, 4.69) is 27.8 Å². The number of halogens is 9. The number of hydrogen-bond donors (Lipinski definition) is 3. The van der Waals surface area contributed by atoms with Crippen LogP contribution in [0.25, 0.3) is 0 Å². The first-order valence-corrected chi connectivity index (χ1v) is 13.4. The Morgan fingerprint density at radius 1 is 0.911 bits per heavy atom. The van der Waals surface area contributed by atoms with E-state index in [0.29, 0.717) is 17.9 Å². The largest absolute Gasteiger partial charge is 0.490 e. The summed E-state index contributed by atoms with van der Waals surface area (Å²) in [7, 11) is 0. The second-order valence-electron chi connectivity index (χ2n) is 10.6. The number of carboxylic acid groups (broad SMARTS) is 3. The molecule has 3 heterocycles. The van der Waals surface area contributed by atoms with E-state index in [9.17, 15) is 39.5 Å². The number of hydrogen-bond acceptors (Lipinski definition) is 7. The van der Waals surface area contributed by atoms with Crippen molar-refractivity contribution in [2.75, 3.05) is 45.9 Å². The third-order valence-electron chi connectivity index (χ3n) is 7.05. The molecule has 45 heavy (non-hydrogen) atoms. The Kier molecular flexibility index (Phi) is 15.0. The molecular weight excluding hydrogens is 637 g/mol. The first-order valence-electron chi connectivity index (χ1n) is 13.4. The molecule has 1 aromatic heterocycles. The predicted molar refractivity (Wildman–Crippen MR) is 137 cm³/mol. The van der Waals surface area contributed by atoms with Crippen LogP contribution < -0.4 is 0 Å². The van der Waals surface area contributed by atoms with Gasteiger partial charge in [0.25, 0.3) is 0 Å². The average Bonchev–Trinajstić information content (AvgIpc) is 3.55. The molecule has 0 unspecified atom stereocenters. The molecule has 2 saturated heterocycles. The Balaban J connectivity index is 0.000000396. The van der Waals surface area contributed by atoms with Gasteiger partial charge in [-0.25, -0.2) is 14.4 Å². The standard InChI is InChI=1S/C20H31N3O.3C2HF3O2/c1-2-22-12-19(14-24-13-18-4-3-8-21-10-18)20(15-22)7-9-23(16-20)11-17-5-6-17;3*3-2(4,5)1(6)7/h3-4,8,10,17,19H,2,5-7,9,11-16H2,1H3;3*(H,6,7)/t19-,20+;;;/m0.../s1. The molecule has 1 spiro atoms. The van der Waals surface area contributed by atoms with E-state index in [1.165, 1.54) is 64.1 Å². The highest BCUT2D eigenvalue weighted by Crippen LogP contribution is 2.45. The fourth-order valence-electron chi connectivity index (χ4n) is 4.69. The van der Waals surface area contributed by atoms with Crippen molar-refractivity contribution in [3.63, 3.8) is 0 Å². The van der Waals surface area contributed by atoms with Crippen LogP contribution in [-0.4, -0.2) is 112 Å². The Morgan fingerprint density at radius 2 is 1.40 bits per heavy atom. The van der Waals surface area contributed by atoms with Gasteiger partial charge in [0.1, 0.15) is 0 Å². The minimum absolute atomic E-state index is 0.472. The molecule has 0 aromatic carbocycles. The van der Waals surface area contributed by atoms with Crippen molar-refractivity contribution < 1.29 is 74.0 Å². The van der Waals surface area contributed by atoms with Crippen LogP contribution >= 0.6 is 0 Å². The lowest BCUT2D eigenvalue weighted by atomic mass is 9.77. The van der Waals surface area contributed by atoms with Gasteiger partial charge in [-0.05, 0) is 49.9 Å². The second-order valence-corrected chi connectivity index (χ2v) is 10.6. The number of rotatable bonds is 7. The summed E-state index contributed by atoms with van der Waals surface area (Å²) in [5.74, 6) is -6.59. The summed E-state index contributed by atoms with van der Waals surface area (Å²) in [6.45, 7) is 11.5. The summed E-state index contributed by atoms with van der Waals surface area (Å²) < 4.78 is 101. The molecule has 0 radical (unpaired) electrons. The molecule has 3 N–H and O–H groups in total. The van der Waals surface area contributed by atoms with E-state index in [1.807, 2.05) is 18.5 Å². The van der Waals surface area contributed by atoms with Gasteiger partial charge < -0.3 is 29.9 Å². The Labute approximate surface area is 251 Å². The summed E-state index contributed by atoms with van der Waals surface area (Å²) in [5, 5.41) is 21.4. The van der Waals surface area contributed by atoms with Crippen molar-refractivity contribution in [2.24, 2.45) is 17.3 Å². The lowest BCUT2D eigenvalue weighted by Crippen LogP contribution is -2.36. The Bertz CT molecular complexity index is 1030. The maximum atomic E-state index is 10.6. The van der Waals surface area contributed by atoms with Gasteiger partial charge in [0.05, 0.1) is 13.2 Å². The van der Waals surface area contributed by atoms with Gasteiger partial charge in [-0.1, -0.05) is 13.0 Å². The predicted octanol–water partition coefficient (Wildman–Crippen LogP) is 4.55. The smallest absolute Gasteiger partial charge is 0.475 e. The molecule has 3 fully saturated rings. The van der Waals surface area contributed by atoms with Crippen LogP contribution in [0.4, 0.5) is 39.5 Å². The SMILES string of the molecule is CCN1C[C@@H](COCc2cccnc2)[C@]2(CCN(CC3CC3)C2)C1.O=C(O)C(F)(F)F.O=C(O)C(F)(F)F.O=C(O)C(F)(F)F. The van der Waals surface area contributed by atoms with Crippen LogP contribution in [0.1, 0.15) is 31.7 Å². The van der Waals surface area contributed by atoms with Crippen molar-refractivity contribution in [1.82, 2.24) is 14.8 Å². The van der Waals surface area contributed by atoms with E-state index in [4.69, 9.17) is 34.4 Å². The molecule has 10 nitrogen and oxygen atoms in total. The van der Waals surface area contributed by atoms with Crippen LogP contribution in [-0.2, 0) is 25.7 Å². The van der Waals surface area contributed by atoms with E-state index >= 15 is 0 Å². The fourth-order valence-corrected chi connectivity index (χ4v) is 4.69. The van der Waals surface area contributed by atoms with E-state index in [1.54, 1.807) is 0 Å². The maximum absolute atomic E-state index is 10.6. The summed E-state index contributed by atoms with van der Waals surface area (Å²) in [5.41, 5.74) is 1.65. The van der Waals surface area contributed by atoms with E-state index in [-0.39, 0.29) is 0 Å². The van der Waals surface area contributed by atoms with Gasteiger partial charge in [0.15, 0.2) is 0 Å².